The monoisotopic (exact) mass is 288 g/mol. The summed E-state index contributed by atoms with van der Waals surface area (Å²) in [4.78, 5) is 0.856. The van der Waals surface area contributed by atoms with Crippen LogP contribution in [0, 0.1) is 0 Å². The molecule has 17 heavy (non-hydrogen) atoms. The Labute approximate surface area is 111 Å². The lowest BCUT2D eigenvalue weighted by Crippen LogP contribution is -2.04. The molecule has 1 aliphatic heterocycles. The summed E-state index contributed by atoms with van der Waals surface area (Å²) in [5, 5.41) is 0.978. The van der Waals surface area contributed by atoms with E-state index in [0.29, 0.717) is 31.4 Å². The predicted octanol–water partition coefficient (Wildman–Crippen LogP) is 3.61. The first-order valence-electron chi connectivity index (χ1n) is 5.28. The Balaban J connectivity index is 2.37. The molecule has 0 N–H and O–H groups in total. The van der Waals surface area contributed by atoms with Crippen LogP contribution in [0.5, 0.6) is 0 Å². The zero-order valence-electron chi connectivity index (χ0n) is 9.60. The third-order valence-electron chi connectivity index (χ3n) is 2.48. The third kappa shape index (κ3) is 2.54. The van der Waals surface area contributed by atoms with E-state index < -0.39 is 9.84 Å². The Hall–Kier alpha value is -0.450. The van der Waals surface area contributed by atoms with Crippen molar-refractivity contribution in [2.75, 3.05) is 5.75 Å². The molecule has 0 saturated carbocycles. The zero-order chi connectivity index (χ0) is 12.6. The topological polar surface area (TPSA) is 34.1 Å². The molecule has 5 heteroatoms. The molecule has 1 aliphatic rings. The molecule has 0 radical (unpaired) electrons. The van der Waals surface area contributed by atoms with E-state index in [9.17, 15) is 8.42 Å². The minimum Gasteiger partial charge on any atom is -0.219 e. The second-order valence-corrected chi connectivity index (χ2v) is 8.13. The van der Waals surface area contributed by atoms with Crippen LogP contribution in [0.2, 0.25) is 5.02 Å². The molecule has 1 aromatic rings. The molecule has 2 nitrogen and oxygen atoms in total. The lowest BCUT2D eigenvalue weighted by atomic mass is 10.2. The van der Waals surface area contributed by atoms with Crippen LogP contribution < -0.4 is 0 Å². The Morgan fingerprint density at radius 2 is 2.06 bits per heavy atom. The molecule has 0 saturated heterocycles. The van der Waals surface area contributed by atoms with Crippen LogP contribution in [0.4, 0.5) is 0 Å². The van der Waals surface area contributed by atoms with Crippen LogP contribution in [0.15, 0.2) is 28.0 Å². The lowest BCUT2D eigenvalue weighted by molar-refractivity contribution is 0.603. The molecule has 1 aromatic carbocycles. The van der Waals surface area contributed by atoms with E-state index >= 15 is 0 Å². The van der Waals surface area contributed by atoms with Gasteiger partial charge in [0, 0.05) is 10.8 Å². The maximum Gasteiger partial charge on any atom is 0.204 e. The number of thioether (sulfide) groups is 1. The van der Waals surface area contributed by atoms with Gasteiger partial charge in [-0.05, 0) is 35.1 Å². The van der Waals surface area contributed by atoms with Gasteiger partial charge in [0.1, 0.15) is 0 Å². The molecule has 0 fully saturated rings. The summed E-state index contributed by atoms with van der Waals surface area (Å²) in [6.07, 6.45) is 1.73. The Kier molecular flexibility index (Phi) is 3.57. The first-order valence-corrected chi connectivity index (χ1v) is 8.19. The van der Waals surface area contributed by atoms with Crippen LogP contribution in [-0.2, 0) is 9.84 Å². The molecule has 0 bridgehead atoms. The second-order valence-electron chi connectivity index (χ2n) is 4.16. The van der Waals surface area contributed by atoms with E-state index in [2.05, 4.69) is 13.8 Å². The Morgan fingerprint density at radius 1 is 1.35 bits per heavy atom. The van der Waals surface area contributed by atoms with Crippen molar-refractivity contribution in [1.82, 2.24) is 0 Å². The van der Waals surface area contributed by atoms with E-state index in [-0.39, 0.29) is 0 Å². The summed E-state index contributed by atoms with van der Waals surface area (Å²) < 4.78 is 24.4. The van der Waals surface area contributed by atoms with Crippen molar-refractivity contribution in [2.24, 2.45) is 0 Å². The minimum atomic E-state index is -3.28. The second kappa shape index (κ2) is 4.67. The van der Waals surface area contributed by atoms with Gasteiger partial charge in [0.2, 0.25) is 9.84 Å². The van der Waals surface area contributed by atoms with Crippen molar-refractivity contribution in [2.45, 2.75) is 24.0 Å². The number of fused-ring (bicyclic) bond motifs is 1. The SMILES string of the molecule is CC(C)SCC1=Cc2cc(Cl)ccc2S1(=O)=O. The first kappa shape index (κ1) is 13.0. The van der Waals surface area contributed by atoms with Gasteiger partial charge in [-0.1, -0.05) is 25.4 Å². The van der Waals surface area contributed by atoms with E-state index in [1.807, 2.05) is 0 Å². The summed E-state index contributed by atoms with van der Waals surface area (Å²) in [7, 11) is -3.28. The van der Waals surface area contributed by atoms with E-state index in [1.165, 1.54) is 0 Å². The molecule has 0 atom stereocenters. The standard InChI is InChI=1S/C12H13ClO2S2/c1-8(2)16-7-11-6-9-5-10(13)3-4-12(9)17(11,14)15/h3-6,8H,7H2,1-2H3. The number of hydrogen-bond donors (Lipinski definition) is 0. The molecule has 0 spiro atoms. The fourth-order valence-electron chi connectivity index (χ4n) is 1.64. The van der Waals surface area contributed by atoms with Crippen LogP contribution in [-0.4, -0.2) is 19.4 Å². The highest BCUT2D eigenvalue weighted by atomic mass is 35.5. The number of halogens is 1. The van der Waals surface area contributed by atoms with Crippen LogP contribution in [0.25, 0.3) is 6.08 Å². The maximum absolute atomic E-state index is 12.2. The number of sulfone groups is 1. The first-order chi connectivity index (χ1) is 7.91. The summed E-state index contributed by atoms with van der Waals surface area (Å²) in [5.74, 6) is 0.520. The predicted molar refractivity (Wildman–Crippen MR) is 74.2 cm³/mol. The maximum atomic E-state index is 12.2. The van der Waals surface area contributed by atoms with E-state index in [1.54, 1.807) is 36.0 Å². The van der Waals surface area contributed by atoms with E-state index in [4.69, 9.17) is 11.6 Å². The molecule has 0 aromatic heterocycles. The van der Waals surface area contributed by atoms with Crippen molar-refractivity contribution in [1.29, 1.82) is 0 Å². The van der Waals surface area contributed by atoms with Gasteiger partial charge in [0.05, 0.1) is 9.80 Å². The highest BCUT2D eigenvalue weighted by molar-refractivity contribution is 8.02. The number of benzene rings is 1. The summed E-state index contributed by atoms with van der Waals surface area (Å²) in [6, 6.07) is 4.89. The summed E-state index contributed by atoms with van der Waals surface area (Å²) in [5.41, 5.74) is 0.705. The largest absolute Gasteiger partial charge is 0.219 e. The normalized spacial score (nSPS) is 17.1. The molecular weight excluding hydrogens is 276 g/mol. The molecule has 0 unspecified atom stereocenters. The Morgan fingerprint density at radius 3 is 2.71 bits per heavy atom. The van der Waals surface area contributed by atoms with Crippen molar-refractivity contribution in [3.05, 3.63) is 33.7 Å². The number of hydrogen-bond acceptors (Lipinski definition) is 3. The van der Waals surface area contributed by atoms with Gasteiger partial charge in [0.25, 0.3) is 0 Å². The minimum absolute atomic E-state index is 0.376. The number of rotatable bonds is 3. The van der Waals surface area contributed by atoms with Gasteiger partial charge in [-0.25, -0.2) is 8.42 Å². The van der Waals surface area contributed by atoms with Gasteiger partial charge in [-0.15, -0.1) is 0 Å². The highest BCUT2D eigenvalue weighted by Gasteiger charge is 2.29. The fourth-order valence-corrected chi connectivity index (χ4v) is 4.46. The van der Waals surface area contributed by atoms with Crippen LogP contribution in [0.3, 0.4) is 0 Å². The lowest BCUT2D eigenvalue weighted by Gasteiger charge is -2.06. The summed E-state index contributed by atoms with van der Waals surface area (Å²) in [6.45, 7) is 4.10. The Bertz CT molecular complexity index is 574. The van der Waals surface area contributed by atoms with Crippen molar-refractivity contribution in [3.63, 3.8) is 0 Å². The molecule has 0 amide bonds. The quantitative estimate of drug-likeness (QED) is 0.852. The van der Waals surface area contributed by atoms with Crippen LogP contribution in [0.1, 0.15) is 19.4 Å². The average Bonchev–Trinajstić information content (AvgIpc) is 2.46. The van der Waals surface area contributed by atoms with Crippen LogP contribution >= 0.6 is 23.4 Å². The smallest absolute Gasteiger partial charge is 0.204 e. The van der Waals surface area contributed by atoms with Crippen molar-refractivity contribution in [3.8, 4) is 0 Å². The molecule has 1 heterocycles. The van der Waals surface area contributed by atoms with Gasteiger partial charge in [0.15, 0.2) is 0 Å². The van der Waals surface area contributed by atoms with Crippen molar-refractivity contribution >= 4 is 39.3 Å². The van der Waals surface area contributed by atoms with Crippen molar-refractivity contribution < 1.29 is 8.42 Å². The van der Waals surface area contributed by atoms with Gasteiger partial charge < -0.3 is 0 Å². The van der Waals surface area contributed by atoms with Gasteiger partial charge >= 0.3 is 0 Å². The average molecular weight is 289 g/mol. The molecular formula is C12H13ClO2S2. The molecule has 0 aliphatic carbocycles. The van der Waals surface area contributed by atoms with Gasteiger partial charge in [-0.2, -0.15) is 11.8 Å². The summed E-state index contributed by atoms with van der Waals surface area (Å²) >= 11 is 7.49. The molecule has 2 rings (SSSR count). The zero-order valence-corrected chi connectivity index (χ0v) is 12.0. The van der Waals surface area contributed by atoms with E-state index in [0.717, 1.165) is 0 Å². The third-order valence-corrected chi connectivity index (χ3v) is 5.95. The van der Waals surface area contributed by atoms with Gasteiger partial charge in [-0.3, -0.25) is 0 Å². The highest BCUT2D eigenvalue weighted by Crippen LogP contribution is 2.36. The molecule has 92 valence electrons. The fraction of sp³-hybridized carbons (Fsp3) is 0.333.